The van der Waals surface area contributed by atoms with Crippen molar-refractivity contribution >= 4 is 39.0 Å². The number of imide groups is 1. The number of hydrogen-bond acceptors (Lipinski definition) is 6. The molecule has 28 heavy (non-hydrogen) atoms. The van der Waals surface area contributed by atoms with Gasteiger partial charge in [-0.05, 0) is 54.1 Å². The highest BCUT2D eigenvalue weighted by atomic mass is 32.2. The quantitative estimate of drug-likeness (QED) is 0.505. The van der Waals surface area contributed by atoms with Crippen molar-refractivity contribution in [2.24, 2.45) is 0 Å². The minimum absolute atomic E-state index is 0.233. The van der Waals surface area contributed by atoms with Crippen molar-refractivity contribution in [3.05, 3.63) is 65.1 Å². The molecule has 0 spiro atoms. The Labute approximate surface area is 167 Å². The number of carbonyl (C=O) groups is 2. The van der Waals surface area contributed by atoms with Crippen LogP contribution in [0.15, 0.2) is 64.4 Å². The molecule has 1 heterocycles. The van der Waals surface area contributed by atoms with Crippen molar-refractivity contribution in [1.29, 1.82) is 0 Å². The van der Waals surface area contributed by atoms with Gasteiger partial charge in [0.25, 0.3) is 11.1 Å². The lowest BCUT2D eigenvalue weighted by Gasteiger charge is -2.08. The van der Waals surface area contributed by atoms with Gasteiger partial charge in [0.1, 0.15) is 5.75 Å². The van der Waals surface area contributed by atoms with E-state index in [1.54, 1.807) is 60.7 Å². The smallest absolute Gasteiger partial charge is 0.290 e. The number of rotatable bonds is 8. The summed E-state index contributed by atoms with van der Waals surface area (Å²) in [7, 11) is -3.50. The van der Waals surface area contributed by atoms with Gasteiger partial charge in [0.2, 0.25) is 10.0 Å². The number of thioether (sulfide) groups is 1. The third-order valence-corrected chi connectivity index (χ3v) is 6.04. The lowest BCUT2D eigenvalue weighted by Crippen LogP contribution is -2.25. The summed E-state index contributed by atoms with van der Waals surface area (Å²) in [6.45, 7) is 0.617. The fourth-order valence-corrected chi connectivity index (χ4v) is 4.16. The second-order valence-electron chi connectivity index (χ2n) is 5.83. The average Bonchev–Trinajstić information content (AvgIpc) is 3.00. The second-order valence-corrected chi connectivity index (χ2v) is 8.62. The van der Waals surface area contributed by atoms with Crippen LogP contribution in [0.2, 0.25) is 0 Å². The Kier molecular flexibility index (Phi) is 6.50. The normalized spacial score (nSPS) is 15.6. The maximum Gasteiger partial charge on any atom is 0.290 e. The van der Waals surface area contributed by atoms with E-state index >= 15 is 0 Å². The van der Waals surface area contributed by atoms with E-state index < -0.39 is 15.9 Å². The minimum atomic E-state index is -3.50. The Balaban J connectivity index is 1.44. The molecular weight excluding hydrogens is 400 g/mol. The summed E-state index contributed by atoms with van der Waals surface area (Å²) in [5, 5.41) is 1.83. The van der Waals surface area contributed by atoms with Crippen LogP contribution < -0.4 is 14.8 Å². The molecule has 0 unspecified atom stereocenters. The molecule has 7 nitrogen and oxygen atoms in total. The van der Waals surface area contributed by atoms with Crippen LogP contribution in [-0.4, -0.2) is 32.7 Å². The van der Waals surface area contributed by atoms with Gasteiger partial charge in [-0.3, -0.25) is 14.9 Å². The molecule has 1 aliphatic rings. The van der Waals surface area contributed by atoms with Crippen molar-refractivity contribution < 1.29 is 22.7 Å². The first-order valence-corrected chi connectivity index (χ1v) is 10.8. The minimum Gasteiger partial charge on any atom is -0.494 e. The van der Waals surface area contributed by atoms with E-state index in [2.05, 4.69) is 10.0 Å². The van der Waals surface area contributed by atoms with E-state index in [0.29, 0.717) is 23.7 Å². The Morgan fingerprint density at radius 3 is 2.39 bits per heavy atom. The Morgan fingerprint density at radius 1 is 1.04 bits per heavy atom. The van der Waals surface area contributed by atoms with Gasteiger partial charge in [0, 0.05) is 6.54 Å². The third-order valence-electron chi connectivity index (χ3n) is 3.76. The van der Waals surface area contributed by atoms with Crippen LogP contribution in [0.25, 0.3) is 6.08 Å². The van der Waals surface area contributed by atoms with Gasteiger partial charge in [-0.1, -0.05) is 30.3 Å². The highest BCUT2D eigenvalue weighted by Crippen LogP contribution is 2.26. The van der Waals surface area contributed by atoms with Crippen LogP contribution in [0.1, 0.15) is 12.0 Å². The Hall–Kier alpha value is -2.62. The molecule has 2 aromatic carbocycles. The van der Waals surface area contributed by atoms with E-state index in [0.717, 1.165) is 17.3 Å². The number of hydrogen-bond donors (Lipinski definition) is 2. The van der Waals surface area contributed by atoms with E-state index in [1.165, 1.54) is 0 Å². The van der Waals surface area contributed by atoms with Crippen molar-refractivity contribution in [3.8, 4) is 5.75 Å². The van der Waals surface area contributed by atoms with Crippen LogP contribution in [0.4, 0.5) is 4.79 Å². The summed E-state index contributed by atoms with van der Waals surface area (Å²) < 4.78 is 32.3. The maximum absolute atomic E-state index is 12.1. The molecule has 0 saturated carbocycles. The molecule has 0 atom stereocenters. The molecule has 2 amide bonds. The summed E-state index contributed by atoms with van der Waals surface area (Å²) in [5.74, 6) is 0.237. The van der Waals surface area contributed by atoms with E-state index in [-0.39, 0.29) is 16.7 Å². The fraction of sp³-hybridized carbons (Fsp3) is 0.158. The topological polar surface area (TPSA) is 102 Å². The third kappa shape index (κ3) is 5.44. The molecule has 0 aliphatic carbocycles. The van der Waals surface area contributed by atoms with Crippen molar-refractivity contribution in [2.75, 3.05) is 13.2 Å². The van der Waals surface area contributed by atoms with Crippen LogP contribution in [0.3, 0.4) is 0 Å². The highest BCUT2D eigenvalue weighted by molar-refractivity contribution is 8.18. The van der Waals surface area contributed by atoms with Gasteiger partial charge in [-0.2, -0.15) is 0 Å². The van der Waals surface area contributed by atoms with E-state index in [1.807, 2.05) is 0 Å². The lowest BCUT2D eigenvalue weighted by molar-refractivity contribution is -0.115. The van der Waals surface area contributed by atoms with Crippen molar-refractivity contribution in [3.63, 3.8) is 0 Å². The zero-order valence-corrected chi connectivity index (χ0v) is 16.4. The molecule has 0 radical (unpaired) electrons. The largest absolute Gasteiger partial charge is 0.494 e. The first kappa shape index (κ1) is 20.1. The molecule has 2 N–H and O–H groups in total. The van der Waals surface area contributed by atoms with Crippen LogP contribution in [0.5, 0.6) is 5.75 Å². The molecular formula is C19H18N2O5S2. The molecule has 0 aromatic heterocycles. The van der Waals surface area contributed by atoms with Gasteiger partial charge >= 0.3 is 0 Å². The maximum atomic E-state index is 12.1. The van der Waals surface area contributed by atoms with Gasteiger partial charge in [0.05, 0.1) is 16.4 Å². The molecule has 9 heteroatoms. The monoisotopic (exact) mass is 418 g/mol. The molecule has 3 rings (SSSR count). The fourth-order valence-electron chi connectivity index (χ4n) is 2.38. The van der Waals surface area contributed by atoms with Crippen LogP contribution >= 0.6 is 11.8 Å². The van der Waals surface area contributed by atoms with Gasteiger partial charge < -0.3 is 4.74 Å². The Bertz CT molecular complexity index is 987. The summed E-state index contributed by atoms with van der Waals surface area (Å²) in [6.07, 6.45) is 2.14. The molecule has 0 bridgehead atoms. The zero-order valence-electron chi connectivity index (χ0n) is 14.8. The number of amides is 2. The first-order valence-electron chi connectivity index (χ1n) is 8.46. The second kappa shape index (κ2) is 9.05. The molecule has 1 aliphatic heterocycles. The van der Waals surface area contributed by atoms with Gasteiger partial charge in [0.15, 0.2) is 0 Å². The standard InChI is InChI=1S/C19H18N2O5S2/c22-18-17(27-19(23)21-18)13-14-7-9-15(10-8-14)26-12-4-11-20-28(24,25)16-5-2-1-3-6-16/h1-3,5-10,13,20H,4,11-12H2,(H,21,22,23)/b17-13-. The lowest BCUT2D eigenvalue weighted by atomic mass is 10.2. The van der Waals surface area contributed by atoms with E-state index in [4.69, 9.17) is 4.74 Å². The summed E-state index contributed by atoms with van der Waals surface area (Å²) in [4.78, 5) is 23.3. The molecule has 1 fully saturated rings. The van der Waals surface area contributed by atoms with E-state index in [9.17, 15) is 18.0 Å². The molecule has 2 aromatic rings. The predicted octanol–water partition coefficient (Wildman–Crippen LogP) is 2.76. The summed E-state index contributed by atoms with van der Waals surface area (Å²) >= 11 is 0.867. The van der Waals surface area contributed by atoms with Gasteiger partial charge in [-0.25, -0.2) is 13.1 Å². The number of carbonyl (C=O) groups excluding carboxylic acids is 2. The predicted molar refractivity (Wildman–Crippen MR) is 107 cm³/mol. The summed E-state index contributed by atoms with van der Waals surface area (Å²) in [6, 6.07) is 15.2. The first-order chi connectivity index (χ1) is 13.4. The SMILES string of the molecule is O=C1NC(=O)/C(=C/c2ccc(OCCCNS(=O)(=O)c3ccccc3)cc2)S1. The number of ether oxygens (including phenoxy) is 1. The van der Waals surface area contributed by atoms with Crippen molar-refractivity contribution in [2.45, 2.75) is 11.3 Å². The number of sulfonamides is 1. The average molecular weight is 418 g/mol. The van der Waals surface area contributed by atoms with Crippen LogP contribution in [0, 0.1) is 0 Å². The van der Waals surface area contributed by atoms with Crippen molar-refractivity contribution in [1.82, 2.24) is 10.0 Å². The highest BCUT2D eigenvalue weighted by Gasteiger charge is 2.24. The van der Waals surface area contributed by atoms with Gasteiger partial charge in [-0.15, -0.1) is 0 Å². The Morgan fingerprint density at radius 2 is 1.75 bits per heavy atom. The zero-order chi connectivity index (χ0) is 20.0. The number of benzene rings is 2. The molecule has 146 valence electrons. The van der Waals surface area contributed by atoms with Crippen LogP contribution in [-0.2, 0) is 14.8 Å². The summed E-state index contributed by atoms with van der Waals surface area (Å²) in [5.41, 5.74) is 0.773. The molecule has 1 saturated heterocycles. The number of nitrogens with one attached hydrogen (secondary N) is 2.